The smallest absolute Gasteiger partial charge is 0.203 e. The first-order chi connectivity index (χ1) is 10.7. The molecular weight excluding hydrogens is 282 g/mol. The minimum atomic E-state index is -0.532. The lowest BCUT2D eigenvalue weighted by molar-refractivity contribution is 0.0424. The van der Waals surface area contributed by atoms with Crippen molar-refractivity contribution in [1.82, 2.24) is 4.90 Å². The van der Waals surface area contributed by atoms with Crippen LogP contribution in [0.25, 0.3) is 0 Å². The average molecular weight is 309 g/mol. The molecule has 124 valence electrons. The second-order valence-electron chi connectivity index (χ2n) is 5.80. The molecule has 0 spiro atoms. The van der Waals surface area contributed by atoms with Crippen molar-refractivity contribution in [2.75, 3.05) is 33.9 Å². The number of ether oxygens (including phenoxy) is 3. The van der Waals surface area contributed by atoms with Gasteiger partial charge in [0.2, 0.25) is 5.75 Å². The van der Waals surface area contributed by atoms with Crippen LogP contribution in [0.3, 0.4) is 0 Å². The molecule has 5 nitrogen and oxygen atoms in total. The van der Waals surface area contributed by atoms with Gasteiger partial charge in [-0.05, 0) is 38.4 Å². The first kappa shape index (κ1) is 16.9. The molecule has 2 atom stereocenters. The third-order valence-electron chi connectivity index (χ3n) is 4.19. The van der Waals surface area contributed by atoms with Crippen LogP contribution >= 0.6 is 0 Å². The van der Waals surface area contributed by atoms with Crippen LogP contribution in [0.1, 0.15) is 26.2 Å². The predicted molar refractivity (Wildman–Crippen MR) is 85.9 cm³/mol. The number of aliphatic hydroxyl groups excluding tert-OH is 1. The van der Waals surface area contributed by atoms with Crippen molar-refractivity contribution < 1.29 is 19.3 Å². The molecule has 0 aliphatic carbocycles. The number of benzene rings is 1. The van der Waals surface area contributed by atoms with Crippen LogP contribution in [0.5, 0.6) is 17.2 Å². The molecule has 1 fully saturated rings. The number of likely N-dealkylation sites (tertiary alicyclic amines) is 1. The predicted octanol–water partition coefficient (Wildman–Crippen LogP) is 2.32. The number of methoxy groups -OCH3 is 2. The third kappa shape index (κ3) is 4.27. The fraction of sp³-hybridized carbons (Fsp3) is 0.647. The van der Waals surface area contributed by atoms with Crippen LogP contribution in [-0.4, -0.2) is 56.1 Å². The summed E-state index contributed by atoms with van der Waals surface area (Å²) in [5.41, 5.74) is 0. The molecule has 2 rings (SSSR count). The molecule has 0 aromatic heterocycles. The average Bonchev–Trinajstić information content (AvgIpc) is 2.54. The summed E-state index contributed by atoms with van der Waals surface area (Å²) in [7, 11) is 3.18. The van der Waals surface area contributed by atoms with Gasteiger partial charge in [0.25, 0.3) is 0 Å². The van der Waals surface area contributed by atoms with Crippen molar-refractivity contribution in [3.8, 4) is 17.2 Å². The SMILES string of the molecule is COc1cccc(OC)c1OC[C@H](O)CN1CCCC[C@@H]1C. The van der Waals surface area contributed by atoms with Gasteiger partial charge in [0, 0.05) is 12.6 Å². The quantitative estimate of drug-likeness (QED) is 0.837. The van der Waals surface area contributed by atoms with Gasteiger partial charge < -0.3 is 19.3 Å². The second kappa shape index (κ2) is 8.25. The highest BCUT2D eigenvalue weighted by atomic mass is 16.5. The molecule has 0 unspecified atom stereocenters. The number of rotatable bonds is 7. The van der Waals surface area contributed by atoms with E-state index in [1.54, 1.807) is 14.2 Å². The molecule has 1 aliphatic rings. The third-order valence-corrected chi connectivity index (χ3v) is 4.19. The topological polar surface area (TPSA) is 51.2 Å². The molecule has 1 aromatic rings. The molecule has 0 bridgehead atoms. The summed E-state index contributed by atoms with van der Waals surface area (Å²) in [5, 5.41) is 10.3. The van der Waals surface area contributed by atoms with E-state index < -0.39 is 6.10 Å². The fourth-order valence-corrected chi connectivity index (χ4v) is 2.89. The zero-order valence-corrected chi connectivity index (χ0v) is 13.7. The summed E-state index contributed by atoms with van der Waals surface area (Å²) in [6.07, 6.45) is 3.16. The van der Waals surface area contributed by atoms with Crippen LogP contribution in [0.2, 0.25) is 0 Å². The largest absolute Gasteiger partial charge is 0.493 e. The van der Waals surface area contributed by atoms with Gasteiger partial charge in [-0.25, -0.2) is 0 Å². The first-order valence-electron chi connectivity index (χ1n) is 7.91. The molecule has 1 saturated heterocycles. The molecule has 0 radical (unpaired) electrons. The maximum Gasteiger partial charge on any atom is 0.203 e. The van der Waals surface area contributed by atoms with E-state index in [4.69, 9.17) is 14.2 Å². The van der Waals surface area contributed by atoms with Gasteiger partial charge in [0.1, 0.15) is 12.7 Å². The highest BCUT2D eigenvalue weighted by Crippen LogP contribution is 2.36. The monoisotopic (exact) mass is 309 g/mol. The van der Waals surface area contributed by atoms with Gasteiger partial charge in [-0.3, -0.25) is 4.90 Å². The Morgan fingerprint density at radius 2 is 1.91 bits per heavy atom. The molecule has 22 heavy (non-hydrogen) atoms. The van der Waals surface area contributed by atoms with Gasteiger partial charge >= 0.3 is 0 Å². The summed E-state index contributed by atoms with van der Waals surface area (Å²) in [5.74, 6) is 1.76. The van der Waals surface area contributed by atoms with Crippen molar-refractivity contribution in [2.24, 2.45) is 0 Å². The lowest BCUT2D eigenvalue weighted by Crippen LogP contribution is -2.43. The number of aliphatic hydroxyl groups is 1. The molecule has 5 heteroatoms. The highest BCUT2D eigenvalue weighted by Gasteiger charge is 2.21. The molecule has 0 saturated carbocycles. The number of β-amino-alcohol motifs (C(OH)–C–C–N with tert-alkyl or cyclic N) is 1. The van der Waals surface area contributed by atoms with E-state index in [1.807, 2.05) is 18.2 Å². The number of piperidine rings is 1. The van der Waals surface area contributed by atoms with Gasteiger partial charge in [0.15, 0.2) is 11.5 Å². The Morgan fingerprint density at radius 1 is 1.23 bits per heavy atom. The van der Waals surface area contributed by atoms with Crippen molar-refractivity contribution >= 4 is 0 Å². The van der Waals surface area contributed by atoms with Gasteiger partial charge in [-0.1, -0.05) is 12.5 Å². The normalized spacial score (nSPS) is 20.5. The summed E-state index contributed by atoms with van der Waals surface area (Å²) < 4.78 is 16.3. The standard InChI is InChI=1S/C17H27NO4/c1-13-7-4-5-10-18(13)11-14(19)12-22-17-15(20-2)8-6-9-16(17)21-3/h6,8-9,13-14,19H,4-5,7,10-12H2,1-3H3/t13-,14+/m0/s1. The maximum absolute atomic E-state index is 10.3. The van der Waals surface area contributed by atoms with E-state index in [0.29, 0.717) is 29.8 Å². The van der Waals surface area contributed by atoms with Crippen LogP contribution in [-0.2, 0) is 0 Å². The fourth-order valence-electron chi connectivity index (χ4n) is 2.89. The lowest BCUT2D eigenvalue weighted by atomic mass is 10.0. The summed E-state index contributed by atoms with van der Waals surface area (Å²) in [6, 6.07) is 6.01. The number of hydrogen-bond donors (Lipinski definition) is 1. The number of hydrogen-bond acceptors (Lipinski definition) is 5. The summed E-state index contributed by atoms with van der Waals surface area (Å²) in [4.78, 5) is 2.33. The van der Waals surface area contributed by atoms with Gasteiger partial charge in [-0.15, -0.1) is 0 Å². The Kier molecular flexibility index (Phi) is 6.34. The van der Waals surface area contributed by atoms with Crippen LogP contribution in [0.15, 0.2) is 18.2 Å². The molecule has 1 N–H and O–H groups in total. The van der Waals surface area contributed by atoms with E-state index in [9.17, 15) is 5.11 Å². The lowest BCUT2D eigenvalue weighted by Gasteiger charge is -2.34. The van der Waals surface area contributed by atoms with Crippen LogP contribution in [0.4, 0.5) is 0 Å². The van der Waals surface area contributed by atoms with Crippen molar-refractivity contribution in [3.05, 3.63) is 18.2 Å². The molecule has 1 aliphatic heterocycles. The van der Waals surface area contributed by atoms with Gasteiger partial charge in [0.05, 0.1) is 14.2 Å². The van der Waals surface area contributed by atoms with Crippen molar-refractivity contribution in [1.29, 1.82) is 0 Å². The first-order valence-corrected chi connectivity index (χ1v) is 7.91. The molecular formula is C17H27NO4. The van der Waals surface area contributed by atoms with E-state index in [0.717, 1.165) is 6.54 Å². The van der Waals surface area contributed by atoms with E-state index in [2.05, 4.69) is 11.8 Å². The number of nitrogens with zero attached hydrogens (tertiary/aromatic N) is 1. The summed E-state index contributed by atoms with van der Waals surface area (Å²) >= 11 is 0. The van der Waals surface area contributed by atoms with E-state index in [1.165, 1.54) is 19.3 Å². The van der Waals surface area contributed by atoms with Crippen molar-refractivity contribution in [3.63, 3.8) is 0 Å². The van der Waals surface area contributed by atoms with E-state index in [-0.39, 0.29) is 6.61 Å². The Morgan fingerprint density at radius 3 is 2.50 bits per heavy atom. The Balaban J connectivity index is 1.92. The Labute approximate surface area is 132 Å². The van der Waals surface area contributed by atoms with Crippen molar-refractivity contribution in [2.45, 2.75) is 38.3 Å². The Hall–Kier alpha value is -1.46. The molecule has 0 amide bonds. The van der Waals surface area contributed by atoms with Crippen LogP contribution < -0.4 is 14.2 Å². The minimum Gasteiger partial charge on any atom is -0.493 e. The van der Waals surface area contributed by atoms with Crippen LogP contribution in [0, 0.1) is 0 Å². The van der Waals surface area contributed by atoms with Gasteiger partial charge in [-0.2, -0.15) is 0 Å². The number of para-hydroxylation sites is 1. The zero-order valence-electron chi connectivity index (χ0n) is 13.7. The van der Waals surface area contributed by atoms with E-state index >= 15 is 0 Å². The summed E-state index contributed by atoms with van der Waals surface area (Å²) in [6.45, 7) is 4.13. The zero-order chi connectivity index (χ0) is 15.9. The second-order valence-corrected chi connectivity index (χ2v) is 5.80. The minimum absolute atomic E-state index is 0.222. The maximum atomic E-state index is 10.3. The molecule has 1 aromatic carbocycles. The Bertz CT molecular complexity index is 444. The highest BCUT2D eigenvalue weighted by molar-refractivity contribution is 5.51. The molecule has 1 heterocycles.